The van der Waals surface area contributed by atoms with Crippen LogP contribution in [0.25, 0.3) is 0 Å². The van der Waals surface area contributed by atoms with Crippen molar-refractivity contribution in [2.45, 2.75) is 38.6 Å². The van der Waals surface area contributed by atoms with Crippen molar-refractivity contribution >= 4 is 48.0 Å². The van der Waals surface area contributed by atoms with E-state index in [1.54, 1.807) is 31.2 Å². The first kappa shape index (κ1) is 23.7. The van der Waals surface area contributed by atoms with E-state index in [0.29, 0.717) is 12.2 Å². The molecule has 25 heavy (non-hydrogen) atoms. The normalized spacial score (nSPS) is 15.8. The monoisotopic (exact) mass is 390 g/mol. The molecule has 2 rings (SSSR count). The van der Waals surface area contributed by atoms with Gasteiger partial charge in [-0.3, -0.25) is 14.5 Å². The Morgan fingerprint density at radius 3 is 1.96 bits per heavy atom. The number of anilines is 2. The highest BCUT2D eigenvalue weighted by atomic mass is 35.5. The molecule has 0 spiro atoms. The number of amides is 2. The Balaban J connectivity index is 0.00000288. The number of hydrogen-bond donors (Lipinski definition) is 3. The van der Waals surface area contributed by atoms with E-state index in [9.17, 15) is 9.59 Å². The lowest BCUT2D eigenvalue weighted by Crippen LogP contribution is -2.34. The predicted molar refractivity (Wildman–Crippen MR) is 107 cm³/mol. The third-order valence-electron chi connectivity index (χ3n) is 3.92. The quantitative estimate of drug-likeness (QED) is 0.720. The summed E-state index contributed by atoms with van der Waals surface area (Å²) < 4.78 is 0. The molecule has 2 amide bonds. The highest BCUT2D eigenvalue weighted by Crippen LogP contribution is 2.14. The van der Waals surface area contributed by atoms with Gasteiger partial charge in [0.1, 0.15) is 0 Å². The zero-order chi connectivity index (χ0) is 16.7. The second kappa shape index (κ2) is 12.1. The molecule has 0 radical (unpaired) electrons. The van der Waals surface area contributed by atoms with Gasteiger partial charge in [-0.05, 0) is 57.1 Å². The Bertz CT molecular complexity index is 530. The van der Waals surface area contributed by atoms with Gasteiger partial charge in [0, 0.05) is 11.4 Å². The average Bonchev–Trinajstić information content (AvgIpc) is 2.77. The van der Waals surface area contributed by atoms with Gasteiger partial charge in [-0.25, -0.2) is 0 Å². The summed E-state index contributed by atoms with van der Waals surface area (Å²) in [5, 5.41) is 5.60. The van der Waals surface area contributed by atoms with Crippen molar-refractivity contribution in [2.75, 3.05) is 30.3 Å². The van der Waals surface area contributed by atoms with Crippen LogP contribution in [0, 0.1) is 0 Å². The number of halogens is 2. The Kier molecular flexibility index (Phi) is 11.4. The number of nitrogens with two attached hydrogens (primary N) is 1. The highest BCUT2D eigenvalue weighted by Gasteiger charge is 2.13. The van der Waals surface area contributed by atoms with Crippen molar-refractivity contribution < 1.29 is 9.59 Å². The predicted octanol–water partition coefficient (Wildman–Crippen LogP) is 2.63. The average molecular weight is 391 g/mol. The van der Waals surface area contributed by atoms with Crippen molar-refractivity contribution in [3.63, 3.8) is 0 Å². The summed E-state index contributed by atoms with van der Waals surface area (Å²) in [6.45, 7) is 4.06. The van der Waals surface area contributed by atoms with Crippen LogP contribution < -0.4 is 16.4 Å². The number of carbonyl (C=O) groups is 2. The Labute approximate surface area is 161 Å². The van der Waals surface area contributed by atoms with Crippen LogP contribution in [0.5, 0.6) is 0 Å². The third kappa shape index (κ3) is 8.54. The third-order valence-corrected chi connectivity index (χ3v) is 3.92. The van der Waals surface area contributed by atoms with Gasteiger partial charge in [-0.15, -0.1) is 24.8 Å². The fourth-order valence-electron chi connectivity index (χ4n) is 2.59. The minimum Gasteiger partial charge on any atom is -0.325 e. The van der Waals surface area contributed by atoms with Gasteiger partial charge >= 0.3 is 0 Å². The molecule has 8 heteroatoms. The molecule has 1 aliphatic heterocycles. The van der Waals surface area contributed by atoms with Crippen LogP contribution in [0.3, 0.4) is 0 Å². The summed E-state index contributed by atoms with van der Waals surface area (Å²) in [6, 6.07) is 6.50. The summed E-state index contributed by atoms with van der Waals surface area (Å²) in [6.07, 6.45) is 4.85. The fraction of sp³-hybridized carbons (Fsp3) is 0.529. The molecule has 1 atom stereocenters. The van der Waals surface area contributed by atoms with E-state index in [1.165, 1.54) is 25.7 Å². The second-order valence-corrected chi connectivity index (χ2v) is 6.09. The number of hydrogen-bond acceptors (Lipinski definition) is 4. The van der Waals surface area contributed by atoms with Gasteiger partial charge in [-0.1, -0.05) is 12.8 Å². The number of nitrogens with zero attached hydrogens (tertiary/aromatic N) is 1. The van der Waals surface area contributed by atoms with Crippen LogP contribution in [0.1, 0.15) is 32.6 Å². The molecule has 1 heterocycles. The maximum Gasteiger partial charge on any atom is 0.240 e. The van der Waals surface area contributed by atoms with E-state index in [2.05, 4.69) is 15.5 Å². The van der Waals surface area contributed by atoms with Gasteiger partial charge < -0.3 is 16.4 Å². The summed E-state index contributed by atoms with van der Waals surface area (Å²) in [7, 11) is 0. The molecule has 1 aromatic rings. The minimum atomic E-state index is -0.553. The fourth-order valence-corrected chi connectivity index (χ4v) is 2.59. The SMILES string of the molecule is C[C@@H](N)C(=O)Nc1ccc(NC(=O)CN2CCCCCC2)cc1.Cl.Cl. The van der Waals surface area contributed by atoms with E-state index >= 15 is 0 Å². The first-order valence-electron chi connectivity index (χ1n) is 8.23. The van der Waals surface area contributed by atoms with Crippen LogP contribution in [0.4, 0.5) is 11.4 Å². The largest absolute Gasteiger partial charge is 0.325 e. The Hall–Kier alpha value is -1.34. The molecule has 0 aromatic heterocycles. The molecule has 0 saturated carbocycles. The first-order chi connectivity index (χ1) is 11.0. The molecule has 4 N–H and O–H groups in total. The van der Waals surface area contributed by atoms with Gasteiger partial charge in [0.25, 0.3) is 0 Å². The Morgan fingerprint density at radius 2 is 1.48 bits per heavy atom. The van der Waals surface area contributed by atoms with Gasteiger partial charge in [0.2, 0.25) is 11.8 Å². The minimum absolute atomic E-state index is 0. The molecule has 6 nitrogen and oxygen atoms in total. The van der Waals surface area contributed by atoms with Crippen LogP contribution in [-0.4, -0.2) is 42.4 Å². The van der Waals surface area contributed by atoms with Gasteiger partial charge in [0.05, 0.1) is 12.6 Å². The smallest absolute Gasteiger partial charge is 0.240 e. The van der Waals surface area contributed by atoms with Crippen LogP contribution in [0.2, 0.25) is 0 Å². The molecule has 0 aliphatic carbocycles. The van der Waals surface area contributed by atoms with E-state index in [1.807, 2.05) is 0 Å². The number of nitrogens with one attached hydrogen (secondary N) is 2. The van der Waals surface area contributed by atoms with Gasteiger partial charge in [-0.2, -0.15) is 0 Å². The maximum absolute atomic E-state index is 12.1. The highest BCUT2D eigenvalue weighted by molar-refractivity contribution is 5.95. The molecule has 0 unspecified atom stereocenters. The van der Waals surface area contributed by atoms with E-state index in [4.69, 9.17) is 5.73 Å². The summed E-state index contributed by atoms with van der Waals surface area (Å²) in [5.74, 6) is -0.234. The van der Waals surface area contributed by atoms with Crippen LogP contribution in [-0.2, 0) is 9.59 Å². The lowest BCUT2D eigenvalue weighted by molar-refractivity contribution is -0.118. The number of rotatable bonds is 5. The number of carbonyl (C=O) groups excluding carboxylic acids is 2. The molecule has 142 valence electrons. The molecular weight excluding hydrogens is 363 g/mol. The van der Waals surface area contributed by atoms with E-state index in [0.717, 1.165) is 18.8 Å². The van der Waals surface area contributed by atoms with Crippen molar-refractivity contribution in [3.05, 3.63) is 24.3 Å². The van der Waals surface area contributed by atoms with Gasteiger partial charge in [0.15, 0.2) is 0 Å². The molecule has 1 fully saturated rings. The van der Waals surface area contributed by atoms with E-state index in [-0.39, 0.29) is 36.6 Å². The molecular formula is C17H28Cl2N4O2. The van der Waals surface area contributed by atoms with Crippen molar-refractivity contribution in [2.24, 2.45) is 5.73 Å². The standard InChI is InChI=1S/C17H26N4O2.2ClH/c1-13(18)17(23)20-15-8-6-14(7-9-15)19-16(22)12-21-10-4-2-3-5-11-21;;/h6-9,13H,2-5,10-12,18H2,1H3,(H,19,22)(H,20,23);2*1H/t13-;;/m1../s1. The van der Waals surface area contributed by atoms with Crippen LogP contribution >= 0.6 is 24.8 Å². The van der Waals surface area contributed by atoms with Crippen molar-refractivity contribution in [1.82, 2.24) is 4.90 Å². The Morgan fingerprint density at radius 1 is 1.00 bits per heavy atom. The summed E-state index contributed by atoms with van der Waals surface area (Å²) >= 11 is 0. The maximum atomic E-state index is 12.1. The van der Waals surface area contributed by atoms with Crippen molar-refractivity contribution in [1.29, 1.82) is 0 Å². The molecule has 1 aromatic carbocycles. The molecule has 0 bridgehead atoms. The second-order valence-electron chi connectivity index (χ2n) is 6.09. The zero-order valence-electron chi connectivity index (χ0n) is 14.5. The molecule has 1 aliphatic rings. The summed E-state index contributed by atoms with van der Waals surface area (Å²) in [4.78, 5) is 25.8. The lowest BCUT2D eigenvalue weighted by atomic mass is 10.2. The zero-order valence-corrected chi connectivity index (χ0v) is 16.1. The van der Waals surface area contributed by atoms with Crippen LogP contribution in [0.15, 0.2) is 24.3 Å². The number of benzene rings is 1. The topological polar surface area (TPSA) is 87.5 Å². The summed E-state index contributed by atoms with van der Waals surface area (Å²) in [5.41, 5.74) is 6.90. The first-order valence-corrected chi connectivity index (χ1v) is 8.23. The van der Waals surface area contributed by atoms with E-state index < -0.39 is 6.04 Å². The molecule has 1 saturated heterocycles. The lowest BCUT2D eigenvalue weighted by Gasteiger charge is -2.19. The van der Waals surface area contributed by atoms with Crippen molar-refractivity contribution in [3.8, 4) is 0 Å². The number of likely N-dealkylation sites (tertiary alicyclic amines) is 1.